The van der Waals surface area contributed by atoms with Crippen LogP contribution in [0.4, 0.5) is 28.8 Å². The van der Waals surface area contributed by atoms with Crippen LogP contribution >= 0.6 is 0 Å². The highest BCUT2D eigenvalue weighted by Crippen LogP contribution is 2.28. The van der Waals surface area contributed by atoms with E-state index < -0.39 is 235 Å². The predicted molar refractivity (Wildman–Crippen MR) is 441 cm³/mol. The zero-order chi connectivity index (χ0) is 96.3. The summed E-state index contributed by atoms with van der Waals surface area (Å²) >= 11 is 0. The van der Waals surface area contributed by atoms with Gasteiger partial charge in [0.2, 0.25) is 0 Å². The van der Waals surface area contributed by atoms with Crippen molar-refractivity contribution in [1.29, 1.82) is 0 Å². The van der Waals surface area contributed by atoms with E-state index in [1.807, 2.05) is 27.7 Å². The molecule has 48 nitrogen and oxygen atoms in total. The summed E-state index contributed by atoms with van der Waals surface area (Å²) in [5.41, 5.74) is -0.802. The van der Waals surface area contributed by atoms with E-state index in [-0.39, 0.29) is 117 Å². The summed E-state index contributed by atoms with van der Waals surface area (Å²) in [4.78, 5) is 157. The average molecular weight is 1860 g/mol. The van der Waals surface area contributed by atoms with Gasteiger partial charge in [-0.3, -0.25) is 28.8 Å². The Balaban J connectivity index is 5.86. The number of hydrogen-bond acceptors (Lipinski definition) is 48. The topological polar surface area (TPSA) is 648 Å². The molecule has 0 amide bonds. The van der Waals surface area contributed by atoms with E-state index in [0.717, 1.165) is 13.8 Å². The first-order valence-corrected chi connectivity index (χ1v) is 42.1. The Morgan fingerprint density at radius 1 is 0.266 bits per heavy atom. The fraction of sp³-hybridized carbons (Fsp3) is 0.850. The molecule has 14 N–H and O–H groups in total. The van der Waals surface area contributed by atoms with Crippen LogP contribution in [0.2, 0.25) is 0 Å². The van der Waals surface area contributed by atoms with Crippen LogP contribution in [0.5, 0.6) is 0 Å². The van der Waals surface area contributed by atoms with Gasteiger partial charge in [-0.05, 0) is 80.1 Å². The lowest BCUT2D eigenvalue weighted by molar-refractivity contribution is -0.167. The van der Waals surface area contributed by atoms with Gasteiger partial charge in [-0.1, -0.05) is 27.7 Å². The average Bonchev–Trinajstić information content (AvgIpc) is 0.834. The first-order valence-electron chi connectivity index (χ1n) is 42.1. The lowest BCUT2D eigenvalue weighted by Crippen LogP contribution is -2.44. The second kappa shape index (κ2) is 69.6. The Hall–Kier alpha value is -8.28. The molecule has 0 heterocycles. The highest BCUT2D eigenvalue weighted by molar-refractivity contribution is 5.81. The first-order chi connectivity index (χ1) is 60.7. The standard InChI is InChI=1S/C80H144N6O42/c1-13-111-63(93)75(7,45-87)47-119-71(101)123-53-79(11,55-127-73(103)125-51-77(9,49-121-69(99)113-23-15-57(3)4)65(95)115-41-59(89)37-83-19-27-107-33-31-105-25-17-81)67(97)117-43-61(91)39-85-21-29-109-35-36-110-30-22-86-40-62(92)44-118-68(98)80(12,54-124-72(102)120-48-76(8,46-88)64(94)112-14-2)56-128-74(104)126-52-78(10,50-122-70(100)114-24-16-58(5)6)66(96)116-42-60(90)38-84-20-28-108-34-32-106-26-18-82/h57-62,83-92H,13-56,81-82H2,1-12H3. The Morgan fingerprint density at radius 2 is 0.453 bits per heavy atom. The minimum absolute atomic E-state index is 0.0169. The number of carbonyl (C=O) groups is 12. The minimum atomic E-state index is -2.11. The van der Waals surface area contributed by atoms with Crippen LogP contribution in [-0.2, 0) is 142 Å². The van der Waals surface area contributed by atoms with Gasteiger partial charge in [-0.15, -0.1) is 0 Å². The molecule has 0 aromatic carbocycles. The van der Waals surface area contributed by atoms with Crippen LogP contribution < -0.4 is 32.7 Å². The van der Waals surface area contributed by atoms with Crippen LogP contribution in [0.25, 0.3) is 0 Å². The van der Waals surface area contributed by atoms with Crippen LogP contribution in [0.1, 0.15) is 95.9 Å². The molecule has 0 aliphatic heterocycles. The largest absolute Gasteiger partial charge is 0.508 e. The van der Waals surface area contributed by atoms with Crippen LogP contribution in [0.3, 0.4) is 0 Å². The van der Waals surface area contributed by atoms with Crippen molar-refractivity contribution in [2.75, 3.05) is 277 Å². The maximum Gasteiger partial charge on any atom is 0.508 e. The van der Waals surface area contributed by atoms with Gasteiger partial charge in [-0.2, -0.15) is 0 Å². The van der Waals surface area contributed by atoms with Crippen molar-refractivity contribution >= 4 is 72.7 Å². The van der Waals surface area contributed by atoms with Gasteiger partial charge in [0.1, 0.15) is 149 Å². The van der Waals surface area contributed by atoms with Gasteiger partial charge in [0.15, 0.2) is 0 Å². The Bertz CT molecular complexity index is 2920. The second-order valence-electron chi connectivity index (χ2n) is 31.6. The smallest absolute Gasteiger partial charge is 0.465 e. The van der Waals surface area contributed by atoms with E-state index in [0.29, 0.717) is 78.7 Å². The highest BCUT2D eigenvalue weighted by Gasteiger charge is 2.46. The van der Waals surface area contributed by atoms with Gasteiger partial charge in [0.05, 0.1) is 119 Å². The summed E-state index contributed by atoms with van der Waals surface area (Å²) in [5, 5.41) is 74.2. The molecule has 10 atom stereocenters. The van der Waals surface area contributed by atoms with E-state index in [1.54, 1.807) is 0 Å². The Morgan fingerprint density at radius 3 is 0.641 bits per heavy atom. The second-order valence-corrected chi connectivity index (χ2v) is 31.6. The van der Waals surface area contributed by atoms with E-state index in [2.05, 4.69) is 21.3 Å². The molecule has 0 saturated heterocycles. The maximum atomic E-state index is 13.8. The molecule has 128 heavy (non-hydrogen) atoms. The molecule has 0 fully saturated rings. The van der Waals surface area contributed by atoms with Crippen molar-refractivity contribution in [3.63, 3.8) is 0 Å². The third-order valence-electron chi connectivity index (χ3n) is 17.6. The summed E-state index contributed by atoms with van der Waals surface area (Å²) in [7, 11) is 0. The lowest BCUT2D eigenvalue weighted by atomic mass is 9.93. The van der Waals surface area contributed by atoms with Crippen molar-refractivity contribution < 1.29 is 202 Å². The number of aliphatic hydroxyl groups excluding tert-OH is 6. The molecular weight excluding hydrogens is 1720 g/mol. The Labute approximate surface area is 746 Å². The molecule has 0 spiro atoms. The summed E-state index contributed by atoms with van der Waals surface area (Å²) in [6.45, 7) is 9.28. The molecule has 48 heteroatoms. The van der Waals surface area contributed by atoms with Crippen LogP contribution in [-0.4, -0.2) is 405 Å². The van der Waals surface area contributed by atoms with Gasteiger partial charge in [0, 0.05) is 65.4 Å². The molecule has 0 aromatic heterocycles. The number of esters is 6. The predicted octanol–water partition coefficient (Wildman–Crippen LogP) is -0.862. The number of hydrogen-bond donors (Lipinski definition) is 12. The third kappa shape index (κ3) is 56.3. The lowest BCUT2D eigenvalue weighted by Gasteiger charge is -2.28. The number of ether oxygens (including phenoxy) is 24. The summed E-state index contributed by atoms with van der Waals surface area (Å²) < 4.78 is 126. The number of rotatable bonds is 77. The number of aliphatic hydroxyl groups is 6. The third-order valence-corrected chi connectivity index (χ3v) is 17.6. The van der Waals surface area contributed by atoms with Crippen molar-refractivity contribution in [2.45, 2.75) is 120 Å². The maximum absolute atomic E-state index is 13.8. The molecule has 0 saturated carbocycles. The summed E-state index contributed by atoms with van der Waals surface area (Å²) in [6, 6.07) is 0. The fourth-order valence-corrected chi connectivity index (χ4v) is 9.18. The quantitative estimate of drug-likeness (QED) is 0.0200. The fourth-order valence-electron chi connectivity index (χ4n) is 9.18. The number of nitrogens with one attached hydrogen (secondary N) is 4. The molecule has 0 aliphatic carbocycles. The number of nitrogens with two attached hydrogens (primary N) is 2. The van der Waals surface area contributed by atoms with E-state index in [9.17, 15) is 88.2 Å². The van der Waals surface area contributed by atoms with Gasteiger partial charge in [-0.25, -0.2) is 28.8 Å². The van der Waals surface area contributed by atoms with E-state index in [4.69, 9.17) is 125 Å². The normalized spacial score (nSPS) is 15.1. The van der Waals surface area contributed by atoms with Gasteiger partial charge in [0.25, 0.3) is 0 Å². The SMILES string of the molecule is CCOC(=O)C(C)(CO)COC(=O)OCC(C)(COC(=O)OCC(C)(COC(=O)OCCC(C)C)C(=O)OCC(O)CNCCOCCOCCN)C(=O)OCC(O)CNCCOCCOCCNCC(O)COC(=O)C(C)(COC(=O)OCC(C)(CO)C(=O)OCC)COC(=O)OCC(C)(COC(=O)OCCC(C)C)C(=O)OCC(O)CNCCOCCOCCN. The highest BCUT2D eigenvalue weighted by atomic mass is 16.8. The van der Waals surface area contributed by atoms with E-state index in [1.165, 1.54) is 41.5 Å². The number of carbonyl (C=O) groups excluding carboxylic acids is 12. The first kappa shape index (κ1) is 120. The van der Waals surface area contributed by atoms with Gasteiger partial charge < -0.3 is 177 Å². The van der Waals surface area contributed by atoms with E-state index >= 15 is 0 Å². The molecule has 0 bridgehead atoms. The zero-order valence-corrected chi connectivity index (χ0v) is 76.1. The van der Waals surface area contributed by atoms with Crippen molar-refractivity contribution in [2.24, 2.45) is 55.8 Å². The zero-order valence-electron chi connectivity index (χ0n) is 76.1. The van der Waals surface area contributed by atoms with Crippen molar-refractivity contribution in [3.8, 4) is 0 Å². The van der Waals surface area contributed by atoms with Crippen molar-refractivity contribution in [3.05, 3.63) is 0 Å². The van der Waals surface area contributed by atoms with Gasteiger partial charge >= 0.3 is 72.7 Å². The monoisotopic (exact) mass is 1860 g/mol. The molecule has 0 rings (SSSR count). The minimum Gasteiger partial charge on any atom is -0.465 e. The van der Waals surface area contributed by atoms with Crippen molar-refractivity contribution in [1.82, 2.24) is 21.3 Å². The molecule has 10 unspecified atom stereocenters. The molecule has 0 radical (unpaired) electrons. The van der Waals surface area contributed by atoms with Crippen LogP contribution in [0.15, 0.2) is 0 Å². The van der Waals surface area contributed by atoms with Crippen LogP contribution in [0, 0.1) is 44.3 Å². The molecule has 0 aliphatic rings. The summed E-state index contributed by atoms with van der Waals surface area (Å²) in [6.07, 6.45) is -12.5. The molecule has 0 aromatic rings. The molecule has 746 valence electrons. The Kier molecular flexibility index (Phi) is 65.1. The summed E-state index contributed by atoms with van der Waals surface area (Å²) in [5.74, 6) is -6.06. The molecular formula is C80H144N6O42.